The van der Waals surface area contributed by atoms with Crippen LogP contribution in [0.1, 0.15) is 40.7 Å². The average Bonchev–Trinajstić information content (AvgIpc) is 2.84. The van der Waals surface area contributed by atoms with Gasteiger partial charge in [-0.1, -0.05) is 12.1 Å². The molecule has 1 atom stereocenters. The highest BCUT2D eigenvalue weighted by molar-refractivity contribution is 5.96. The summed E-state index contributed by atoms with van der Waals surface area (Å²) in [4.78, 5) is 31.7. The number of alkyl halides is 3. The monoisotopic (exact) mass is 488 g/mol. The Balaban J connectivity index is 1.42. The Bertz CT molecular complexity index is 1120. The van der Waals surface area contributed by atoms with E-state index >= 15 is 0 Å². The molecule has 1 aromatic heterocycles. The van der Waals surface area contributed by atoms with Crippen LogP contribution in [-0.4, -0.2) is 60.5 Å². The molecule has 4 rings (SSSR count). The standard InChI is InChI=1S/C25H27F3N4O3/c1-35-24-21(6-3-11-30-24)16-7-9-19(10-8-16)32(20-13-29-14-20)22(33)15-31-23(34)17-4-2-5-18(12-17)25(26,27)28/h2-7,11-12,19-20,29H,8-10,13-15H2,1H3,(H,31,34). The molecule has 10 heteroatoms. The fourth-order valence-corrected chi connectivity index (χ4v) is 4.48. The molecule has 2 amide bonds. The molecule has 1 unspecified atom stereocenters. The van der Waals surface area contributed by atoms with Crippen LogP contribution >= 0.6 is 0 Å². The van der Waals surface area contributed by atoms with Gasteiger partial charge in [-0.05, 0) is 55.2 Å². The summed E-state index contributed by atoms with van der Waals surface area (Å²) < 4.78 is 44.2. The second-order valence-corrected chi connectivity index (χ2v) is 8.59. The molecule has 0 saturated carbocycles. The van der Waals surface area contributed by atoms with E-state index in [1.54, 1.807) is 13.3 Å². The van der Waals surface area contributed by atoms with Crippen molar-refractivity contribution in [3.05, 3.63) is 65.4 Å². The largest absolute Gasteiger partial charge is 0.481 e. The smallest absolute Gasteiger partial charge is 0.416 e. The lowest BCUT2D eigenvalue weighted by atomic mass is 9.89. The number of pyridine rings is 1. The molecule has 2 heterocycles. The molecule has 0 spiro atoms. The number of amides is 2. The predicted molar refractivity (Wildman–Crippen MR) is 124 cm³/mol. The van der Waals surface area contributed by atoms with Crippen molar-refractivity contribution in [2.75, 3.05) is 26.7 Å². The van der Waals surface area contributed by atoms with E-state index in [-0.39, 0.29) is 30.1 Å². The van der Waals surface area contributed by atoms with Crippen LogP contribution in [-0.2, 0) is 11.0 Å². The van der Waals surface area contributed by atoms with Gasteiger partial charge in [0.25, 0.3) is 5.91 Å². The maximum absolute atomic E-state index is 13.1. The van der Waals surface area contributed by atoms with Crippen LogP contribution in [0.15, 0.2) is 48.7 Å². The first-order chi connectivity index (χ1) is 16.8. The summed E-state index contributed by atoms with van der Waals surface area (Å²) in [6.07, 6.45) is 1.36. The number of nitrogens with one attached hydrogen (secondary N) is 2. The minimum absolute atomic E-state index is 0.0147. The lowest BCUT2D eigenvalue weighted by Gasteiger charge is -2.44. The van der Waals surface area contributed by atoms with Crippen molar-refractivity contribution in [1.29, 1.82) is 0 Å². The van der Waals surface area contributed by atoms with Crippen LogP contribution in [0.25, 0.3) is 5.57 Å². The van der Waals surface area contributed by atoms with Gasteiger partial charge in [-0.15, -0.1) is 0 Å². The fraction of sp³-hybridized carbons (Fsp3) is 0.400. The van der Waals surface area contributed by atoms with Gasteiger partial charge in [0.2, 0.25) is 11.8 Å². The van der Waals surface area contributed by atoms with E-state index in [1.807, 2.05) is 17.0 Å². The maximum Gasteiger partial charge on any atom is 0.416 e. The lowest BCUT2D eigenvalue weighted by molar-refractivity contribution is -0.138. The van der Waals surface area contributed by atoms with Crippen LogP contribution < -0.4 is 15.4 Å². The topological polar surface area (TPSA) is 83.6 Å². The average molecular weight is 489 g/mol. The van der Waals surface area contributed by atoms with Gasteiger partial charge in [-0.25, -0.2) is 4.98 Å². The number of benzene rings is 1. The number of carbonyl (C=O) groups excluding carboxylic acids is 2. The molecule has 0 bridgehead atoms. The van der Waals surface area contributed by atoms with E-state index < -0.39 is 17.6 Å². The molecule has 2 aliphatic rings. The van der Waals surface area contributed by atoms with Gasteiger partial charge in [0.05, 0.1) is 25.3 Å². The minimum Gasteiger partial charge on any atom is -0.481 e. The number of nitrogens with zero attached hydrogens (tertiary/aromatic N) is 2. The van der Waals surface area contributed by atoms with Crippen LogP contribution in [0, 0.1) is 0 Å². The second kappa shape index (κ2) is 10.5. The molecule has 1 aliphatic heterocycles. The molecule has 1 aliphatic carbocycles. The van der Waals surface area contributed by atoms with Crippen molar-refractivity contribution in [3.63, 3.8) is 0 Å². The number of hydrogen-bond acceptors (Lipinski definition) is 5. The van der Waals surface area contributed by atoms with Gasteiger partial charge in [0, 0.05) is 36.5 Å². The normalized spacial score (nSPS) is 18.3. The van der Waals surface area contributed by atoms with E-state index in [2.05, 4.69) is 21.7 Å². The summed E-state index contributed by atoms with van der Waals surface area (Å²) >= 11 is 0. The van der Waals surface area contributed by atoms with Gasteiger partial charge >= 0.3 is 6.18 Å². The number of carbonyl (C=O) groups is 2. The summed E-state index contributed by atoms with van der Waals surface area (Å²) in [6.45, 7) is 1.04. The predicted octanol–water partition coefficient (Wildman–Crippen LogP) is 3.28. The van der Waals surface area contributed by atoms with E-state index in [9.17, 15) is 22.8 Å². The zero-order valence-corrected chi connectivity index (χ0v) is 19.3. The minimum atomic E-state index is -4.55. The number of halogens is 3. The highest BCUT2D eigenvalue weighted by Crippen LogP contribution is 2.34. The van der Waals surface area contributed by atoms with E-state index in [0.29, 0.717) is 25.4 Å². The van der Waals surface area contributed by atoms with Crippen LogP contribution in [0.4, 0.5) is 13.2 Å². The van der Waals surface area contributed by atoms with E-state index in [0.717, 1.165) is 36.1 Å². The van der Waals surface area contributed by atoms with Gasteiger partial charge in [-0.2, -0.15) is 13.2 Å². The second-order valence-electron chi connectivity index (χ2n) is 8.59. The SMILES string of the molecule is COc1ncccc1C1=CCC(N(C(=O)CNC(=O)c2cccc(C(F)(F)F)c2)C2CNC2)CC1. The fourth-order valence-electron chi connectivity index (χ4n) is 4.48. The molecule has 35 heavy (non-hydrogen) atoms. The molecular formula is C25H27F3N4O3. The summed E-state index contributed by atoms with van der Waals surface area (Å²) in [5.41, 5.74) is 1.00. The third kappa shape index (κ3) is 5.64. The van der Waals surface area contributed by atoms with Crippen LogP contribution in [0.2, 0.25) is 0 Å². The first kappa shape index (κ1) is 24.7. The Hall–Kier alpha value is -3.40. The first-order valence-electron chi connectivity index (χ1n) is 11.4. The maximum atomic E-state index is 13.1. The van der Waals surface area contributed by atoms with Gasteiger partial charge in [-0.3, -0.25) is 9.59 Å². The van der Waals surface area contributed by atoms with Crippen molar-refractivity contribution >= 4 is 17.4 Å². The molecule has 7 nitrogen and oxygen atoms in total. The molecule has 1 saturated heterocycles. The Kier molecular flexibility index (Phi) is 7.39. The molecule has 1 aromatic carbocycles. The third-order valence-electron chi connectivity index (χ3n) is 6.38. The molecule has 1 fully saturated rings. The zero-order valence-electron chi connectivity index (χ0n) is 19.3. The number of methoxy groups -OCH3 is 1. The number of hydrogen-bond donors (Lipinski definition) is 2. The van der Waals surface area contributed by atoms with Crippen molar-refractivity contribution in [3.8, 4) is 5.88 Å². The lowest BCUT2D eigenvalue weighted by Crippen LogP contribution is -2.63. The number of rotatable bonds is 7. The van der Waals surface area contributed by atoms with Crippen molar-refractivity contribution in [1.82, 2.24) is 20.5 Å². The number of ether oxygens (including phenoxy) is 1. The van der Waals surface area contributed by atoms with Crippen LogP contribution in [0.3, 0.4) is 0 Å². The van der Waals surface area contributed by atoms with Crippen molar-refractivity contribution < 1.29 is 27.5 Å². The number of aromatic nitrogens is 1. The summed E-state index contributed by atoms with van der Waals surface area (Å²) in [5.74, 6) is -0.408. The van der Waals surface area contributed by atoms with Crippen molar-refractivity contribution in [2.24, 2.45) is 0 Å². The Morgan fingerprint density at radius 3 is 2.63 bits per heavy atom. The Labute approximate surface area is 201 Å². The Morgan fingerprint density at radius 1 is 1.20 bits per heavy atom. The molecule has 186 valence electrons. The molecule has 2 N–H and O–H groups in total. The molecule has 0 radical (unpaired) electrons. The highest BCUT2D eigenvalue weighted by Gasteiger charge is 2.35. The Morgan fingerprint density at radius 2 is 2.00 bits per heavy atom. The summed E-state index contributed by atoms with van der Waals surface area (Å²) in [6, 6.07) is 7.95. The number of allylic oxidation sites excluding steroid dienone is 1. The third-order valence-corrected chi connectivity index (χ3v) is 6.38. The quantitative estimate of drug-likeness (QED) is 0.625. The van der Waals surface area contributed by atoms with Crippen LogP contribution in [0.5, 0.6) is 5.88 Å². The molecule has 2 aromatic rings. The van der Waals surface area contributed by atoms with Crippen molar-refractivity contribution in [2.45, 2.75) is 37.5 Å². The summed E-state index contributed by atoms with van der Waals surface area (Å²) in [7, 11) is 1.58. The zero-order chi connectivity index (χ0) is 25.0. The van der Waals surface area contributed by atoms with E-state index in [4.69, 9.17) is 4.74 Å². The van der Waals surface area contributed by atoms with Gasteiger partial charge in [0.15, 0.2) is 0 Å². The first-order valence-corrected chi connectivity index (χ1v) is 11.4. The van der Waals surface area contributed by atoms with Gasteiger partial charge < -0.3 is 20.3 Å². The molecular weight excluding hydrogens is 461 g/mol. The van der Waals surface area contributed by atoms with E-state index in [1.165, 1.54) is 12.1 Å². The van der Waals surface area contributed by atoms with Gasteiger partial charge in [0.1, 0.15) is 0 Å². The highest BCUT2D eigenvalue weighted by atomic mass is 19.4. The summed E-state index contributed by atoms with van der Waals surface area (Å²) in [5, 5.41) is 5.66.